The van der Waals surface area contributed by atoms with E-state index in [1.165, 1.54) is 16.7 Å². The number of aromatic nitrogens is 3. The number of amides is 2. The standard InChI is InChI=1S/C23H27N5O3S/c1-5-28-22(18-8-6-7-9-19(18)31-4)25-26-23(28)32-15-21(30)27(3)14-20(29)24-17-12-10-16(2)11-13-17/h6-13H,5,14-15H2,1-4H3,(H,24,29). The van der Waals surface area contributed by atoms with Gasteiger partial charge in [-0.25, -0.2) is 0 Å². The SMILES string of the molecule is CCn1c(SCC(=O)N(C)CC(=O)Nc2ccc(C)cc2)nnc1-c1ccccc1OC. The summed E-state index contributed by atoms with van der Waals surface area (Å²) in [6, 6.07) is 15.1. The monoisotopic (exact) mass is 453 g/mol. The highest BCUT2D eigenvalue weighted by Crippen LogP contribution is 2.30. The number of nitrogens with zero attached hydrogens (tertiary/aromatic N) is 4. The summed E-state index contributed by atoms with van der Waals surface area (Å²) >= 11 is 1.30. The molecule has 3 rings (SSSR count). The van der Waals surface area contributed by atoms with E-state index in [0.29, 0.717) is 29.0 Å². The van der Waals surface area contributed by atoms with Crippen molar-refractivity contribution in [1.82, 2.24) is 19.7 Å². The van der Waals surface area contributed by atoms with Gasteiger partial charge in [-0.3, -0.25) is 9.59 Å². The Morgan fingerprint density at radius 2 is 1.84 bits per heavy atom. The van der Waals surface area contributed by atoms with Crippen LogP contribution in [-0.4, -0.2) is 57.9 Å². The first-order valence-corrected chi connectivity index (χ1v) is 11.2. The lowest BCUT2D eigenvalue weighted by molar-refractivity contribution is -0.131. The summed E-state index contributed by atoms with van der Waals surface area (Å²) in [7, 11) is 3.23. The number of aryl methyl sites for hydroxylation is 1. The number of methoxy groups -OCH3 is 1. The zero-order valence-corrected chi connectivity index (χ0v) is 19.5. The summed E-state index contributed by atoms with van der Waals surface area (Å²) < 4.78 is 7.38. The number of carbonyl (C=O) groups excluding carboxylic acids is 2. The number of thioether (sulfide) groups is 1. The molecule has 0 aliphatic rings. The third-order valence-corrected chi connectivity index (χ3v) is 5.80. The van der Waals surface area contributed by atoms with Crippen molar-refractivity contribution >= 4 is 29.3 Å². The first kappa shape index (κ1) is 23.3. The van der Waals surface area contributed by atoms with Gasteiger partial charge < -0.3 is 19.5 Å². The van der Waals surface area contributed by atoms with Gasteiger partial charge in [0.25, 0.3) is 0 Å². The molecule has 2 aromatic carbocycles. The number of ether oxygens (including phenoxy) is 1. The number of para-hydroxylation sites is 1. The Labute approximate surface area is 192 Å². The minimum Gasteiger partial charge on any atom is -0.496 e. The van der Waals surface area contributed by atoms with Crippen LogP contribution in [0.3, 0.4) is 0 Å². The van der Waals surface area contributed by atoms with E-state index >= 15 is 0 Å². The van der Waals surface area contributed by atoms with E-state index in [-0.39, 0.29) is 24.1 Å². The Kier molecular flexibility index (Phi) is 7.88. The number of rotatable bonds is 9. The van der Waals surface area contributed by atoms with Gasteiger partial charge in [0.2, 0.25) is 11.8 Å². The fourth-order valence-electron chi connectivity index (χ4n) is 3.09. The molecule has 0 radical (unpaired) electrons. The number of hydrogen-bond acceptors (Lipinski definition) is 6. The van der Waals surface area contributed by atoms with Crippen LogP contribution in [-0.2, 0) is 16.1 Å². The quantitative estimate of drug-likeness (QED) is 0.499. The van der Waals surface area contributed by atoms with Gasteiger partial charge in [0.05, 0.1) is 25.0 Å². The summed E-state index contributed by atoms with van der Waals surface area (Å²) in [4.78, 5) is 26.2. The Bertz CT molecular complexity index is 1080. The molecule has 1 N–H and O–H groups in total. The average Bonchev–Trinajstić information content (AvgIpc) is 3.21. The Balaban J connectivity index is 1.60. The summed E-state index contributed by atoms with van der Waals surface area (Å²) in [6.45, 7) is 4.59. The molecule has 1 aromatic heterocycles. The Hall–Kier alpha value is -3.33. The van der Waals surface area contributed by atoms with Gasteiger partial charge in [-0.2, -0.15) is 0 Å². The molecule has 8 nitrogen and oxygen atoms in total. The molecule has 0 spiro atoms. The molecule has 0 unspecified atom stereocenters. The maximum absolute atomic E-state index is 12.6. The van der Waals surface area contributed by atoms with Crippen molar-refractivity contribution in [3.05, 3.63) is 54.1 Å². The van der Waals surface area contributed by atoms with E-state index in [2.05, 4.69) is 15.5 Å². The fourth-order valence-corrected chi connectivity index (χ4v) is 4.03. The van der Waals surface area contributed by atoms with E-state index in [0.717, 1.165) is 11.1 Å². The number of hydrogen-bond donors (Lipinski definition) is 1. The number of benzene rings is 2. The average molecular weight is 454 g/mol. The smallest absolute Gasteiger partial charge is 0.243 e. The molecule has 0 aliphatic heterocycles. The van der Waals surface area contributed by atoms with Crippen LogP contribution in [0.4, 0.5) is 5.69 Å². The molecular formula is C23H27N5O3S. The summed E-state index contributed by atoms with van der Waals surface area (Å²) in [6.07, 6.45) is 0. The van der Waals surface area contributed by atoms with Crippen molar-refractivity contribution in [2.75, 3.05) is 31.8 Å². The first-order valence-electron chi connectivity index (χ1n) is 10.2. The predicted molar refractivity (Wildman–Crippen MR) is 126 cm³/mol. The van der Waals surface area contributed by atoms with Crippen LogP contribution < -0.4 is 10.1 Å². The number of carbonyl (C=O) groups is 2. The lowest BCUT2D eigenvalue weighted by atomic mass is 10.2. The van der Waals surface area contributed by atoms with E-state index in [1.54, 1.807) is 14.2 Å². The van der Waals surface area contributed by atoms with Gasteiger partial charge in [-0.1, -0.05) is 41.6 Å². The van der Waals surface area contributed by atoms with E-state index in [1.807, 2.05) is 66.9 Å². The van der Waals surface area contributed by atoms with Gasteiger partial charge in [0.1, 0.15) is 5.75 Å². The second-order valence-electron chi connectivity index (χ2n) is 7.20. The van der Waals surface area contributed by atoms with Crippen LogP contribution in [0.1, 0.15) is 12.5 Å². The largest absolute Gasteiger partial charge is 0.496 e. The lowest BCUT2D eigenvalue weighted by Gasteiger charge is -2.17. The first-order chi connectivity index (χ1) is 15.4. The van der Waals surface area contributed by atoms with E-state index < -0.39 is 0 Å². The highest BCUT2D eigenvalue weighted by molar-refractivity contribution is 7.99. The van der Waals surface area contributed by atoms with Gasteiger partial charge in [-0.15, -0.1) is 10.2 Å². The predicted octanol–water partition coefficient (Wildman–Crippen LogP) is 3.47. The minimum atomic E-state index is -0.245. The van der Waals surface area contributed by atoms with Crippen molar-refractivity contribution in [3.63, 3.8) is 0 Å². The number of anilines is 1. The van der Waals surface area contributed by atoms with Crippen LogP contribution >= 0.6 is 11.8 Å². The summed E-state index contributed by atoms with van der Waals surface area (Å²) in [5, 5.41) is 12.0. The fraction of sp³-hybridized carbons (Fsp3) is 0.304. The lowest BCUT2D eigenvalue weighted by Crippen LogP contribution is -2.36. The zero-order valence-electron chi connectivity index (χ0n) is 18.7. The normalized spacial score (nSPS) is 10.6. The third kappa shape index (κ3) is 5.67. The molecule has 168 valence electrons. The van der Waals surface area contributed by atoms with Gasteiger partial charge >= 0.3 is 0 Å². The zero-order chi connectivity index (χ0) is 23.1. The molecule has 0 bridgehead atoms. The molecule has 2 amide bonds. The molecule has 0 atom stereocenters. The van der Waals surface area contributed by atoms with E-state index in [9.17, 15) is 9.59 Å². The van der Waals surface area contributed by atoms with Crippen LogP contribution in [0, 0.1) is 6.92 Å². The Morgan fingerprint density at radius 3 is 2.53 bits per heavy atom. The molecule has 32 heavy (non-hydrogen) atoms. The van der Waals surface area contributed by atoms with Crippen molar-refractivity contribution in [3.8, 4) is 17.1 Å². The van der Waals surface area contributed by atoms with E-state index in [4.69, 9.17) is 4.74 Å². The minimum absolute atomic E-state index is 0.0276. The van der Waals surface area contributed by atoms with Crippen molar-refractivity contribution in [1.29, 1.82) is 0 Å². The molecule has 9 heteroatoms. The van der Waals surface area contributed by atoms with Gasteiger partial charge in [-0.05, 0) is 38.1 Å². The maximum Gasteiger partial charge on any atom is 0.243 e. The second kappa shape index (κ2) is 10.8. The number of nitrogens with one attached hydrogen (secondary N) is 1. The molecule has 3 aromatic rings. The summed E-state index contributed by atoms with van der Waals surface area (Å²) in [5.41, 5.74) is 2.66. The van der Waals surface area contributed by atoms with Crippen molar-refractivity contribution in [2.45, 2.75) is 25.5 Å². The van der Waals surface area contributed by atoms with Crippen LogP contribution in [0.5, 0.6) is 5.75 Å². The Morgan fingerprint density at radius 1 is 1.12 bits per heavy atom. The topological polar surface area (TPSA) is 89.4 Å². The summed E-state index contributed by atoms with van der Waals surface area (Å²) in [5.74, 6) is 1.13. The molecule has 0 fully saturated rings. The number of likely N-dealkylation sites (N-methyl/N-ethyl adjacent to an activating group) is 1. The van der Waals surface area contributed by atoms with Gasteiger partial charge in [0, 0.05) is 19.3 Å². The van der Waals surface area contributed by atoms with Crippen molar-refractivity contribution in [2.24, 2.45) is 0 Å². The third-order valence-electron chi connectivity index (χ3n) is 4.85. The highest BCUT2D eigenvalue weighted by Gasteiger charge is 2.19. The molecule has 1 heterocycles. The molecular weight excluding hydrogens is 426 g/mol. The van der Waals surface area contributed by atoms with Crippen molar-refractivity contribution < 1.29 is 14.3 Å². The van der Waals surface area contributed by atoms with Gasteiger partial charge in [0.15, 0.2) is 11.0 Å². The molecule has 0 aliphatic carbocycles. The highest BCUT2D eigenvalue weighted by atomic mass is 32.2. The molecule has 0 saturated carbocycles. The maximum atomic E-state index is 12.6. The van der Waals surface area contributed by atoms with Crippen LogP contribution in [0.15, 0.2) is 53.7 Å². The van der Waals surface area contributed by atoms with Crippen LogP contribution in [0.2, 0.25) is 0 Å². The second-order valence-corrected chi connectivity index (χ2v) is 8.15. The van der Waals surface area contributed by atoms with Crippen LogP contribution in [0.25, 0.3) is 11.4 Å². The molecule has 0 saturated heterocycles.